The lowest BCUT2D eigenvalue weighted by atomic mass is 10.0. The normalized spacial score (nSPS) is 39.7. The number of ether oxygens (including phenoxy) is 6. The van der Waals surface area contributed by atoms with E-state index >= 15 is 0 Å². The van der Waals surface area contributed by atoms with Gasteiger partial charge in [0, 0.05) is 6.08 Å². The molecule has 2 saturated heterocycles. The van der Waals surface area contributed by atoms with Gasteiger partial charge in [-0.3, -0.25) is 0 Å². The predicted octanol–water partition coefficient (Wildman–Crippen LogP) is 1.11. The summed E-state index contributed by atoms with van der Waals surface area (Å²) < 4.78 is 33.7. The van der Waals surface area contributed by atoms with E-state index in [4.69, 9.17) is 28.4 Å². The molecule has 3 rings (SSSR count). The standard InChI is InChI=1S/C15H22O7/c1-14(2)18-7-10(20-14)12-11(21-15(3,4)22-12)8-6-9(17-5)13(16)19-8/h6,8,10-12H,7H2,1-5H3/t8-,10-,11-,12-/m1/s1. The van der Waals surface area contributed by atoms with Gasteiger partial charge >= 0.3 is 5.97 Å². The second-order valence-electron chi connectivity index (χ2n) is 6.54. The molecule has 0 spiro atoms. The number of esters is 1. The number of rotatable bonds is 3. The van der Waals surface area contributed by atoms with E-state index < -0.39 is 35.9 Å². The lowest BCUT2D eigenvalue weighted by molar-refractivity contribution is -0.175. The minimum atomic E-state index is -0.790. The monoisotopic (exact) mass is 314 g/mol. The maximum absolute atomic E-state index is 11.7. The zero-order valence-electron chi connectivity index (χ0n) is 13.5. The first-order valence-corrected chi connectivity index (χ1v) is 7.35. The summed E-state index contributed by atoms with van der Waals surface area (Å²) in [6, 6.07) is 0. The van der Waals surface area contributed by atoms with Crippen molar-refractivity contribution in [1.82, 2.24) is 0 Å². The molecule has 0 aromatic carbocycles. The van der Waals surface area contributed by atoms with Crippen LogP contribution in [0.15, 0.2) is 11.8 Å². The second kappa shape index (κ2) is 5.19. The number of methoxy groups -OCH3 is 1. The predicted molar refractivity (Wildman–Crippen MR) is 73.7 cm³/mol. The first kappa shape index (κ1) is 15.7. The minimum absolute atomic E-state index is 0.181. The van der Waals surface area contributed by atoms with Gasteiger partial charge in [-0.05, 0) is 27.7 Å². The van der Waals surface area contributed by atoms with E-state index in [9.17, 15) is 4.79 Å². The summed E-state index contributed by atoms with van der Waals surface area (Å²) in [7, 11) is 1.43. The summed E-state index contributed by atoms with van der Waals surface area (Å²) >= 11 is 0. The molecule has 0 aliphatic carbocycles. The molecule has 7 heteroatoms. The Balaban J connectivity index is 1.79. The van der Waals surface area contributed by atoms with Crippen molar-refractivity contribution in [2.24, 2.45) is 0 Å². The van der Waals surface area contributed by atoms with Crippen LogP contribution in [0, 0.1) is 0 Å². The highest BCUT2D eigenvalue weighted by Gasteiger charge is 2.54. The van der Waals surface area contributed by atoms with Crippen molar-refractivity contribution in [3.63, 3.8) is 0 Å². The van der Waals surface area contributed by atoms with Gasteiger partial charge in [0.25, 0.3) is 0 Å². The summed E-state index contributed by atoms with van der Waals surface area (Å²) in [5.74, 6) is -1.77. The van der Waals surface area contributed by atoms with Gasteiger partial charge in [0.1, 0.15) is 18.3 Å². The number of carbonyl (C=O) groups is 1. The first-order valence-electron chi connectivity index (χ1n) is 7.35. The lowest BCUT2D eigenvalue weighted by Gasteiger charge is -2.25. The molecule has 4 atom stereocenters. The maximum Gasteiger partial charge on any atom is 0.374 e. The van der Waals surface area contributed by atoms with Gasteiger partial charge in [0.15, 0.2) is 17.7 Å². The molecule has 0 aromatic heterocycles. The van der Waals surface area contributed by atoms with Crippen LogP contribution in [0.2, 0.25) is 0 Å². The highest BCUT2D eigenvalue weighted by molar-refractivity contribution is 5.88. The van der Waals surface area contributed by atoms with Crippen LogP contribution in [0.5, 0.6) is 0 Å². The van der Waals surface area contributed by atoms with Crippen LogP contribution in [-0.4, -0.2) is 55.7 Å². The minimum Gasteiger partial charge on any atom is -0.490 e. The Kier molecular flexibility index (Phi) is 3.71. The quantitative estimate of drug-likeness (QED) is 0.723. The Morgan fingerprint density at radius 3 is 2.32 bits per heavy atom. The van der Waals surface area contributed by atoms with Crippen molar-refractivity contribution in [3.05, 3.63) is 11.8 Å². The summed E-state index contributed by atoms with van der Waals surface area (Å²) in [6.45, 7) is 7.73. The number of hydrogen-bond acceptors (Lipinski definition) is 7. The molecule has 0 radical (unpaired) electrons. The zero-order valence-corrected chi connectivity index (χ0v) is 13.5. The molecule has 0 N–H and O–H groups in total. The molecule has 0 saturated carbocycles. The molecule has 0 bridgehead atoms. The fraction of sp³-hybridized carbons (Fsp3) is 0.800. The van der Waals surface area contributed by atoms with Gasteiger partial charge in [-0.1, -0.05) is 0 Å². The highest BCUT2D eigenvalue weighted by Crippen LogP contribution is 2.38. The van der Waals surface area contributed by atoms with Crippen molar-refractivity contribution in [2.45, 2.75) is 63.7 Å². The van der Waals surface area contributed by atoms with Crippen molar-refractivity contribution < 1.29 is 33.2 Å². The van der Waals surface area contributed by atoms with E-state index in [0.29, 0.717) is 6.61 Å². The molecule has 0 amide bonds. The van der Waals surface area contributed by atoms with E-state index in [1.165, 1.54) is 7.11 Å². The molecule has 0 unspecified atom stereocenters. The SMILES string of the molecule is COC1=C[C@H]([C@H]2OC(C)(C)O[C@@H]2[C@H]2COC(C)(C)O2)OC1=O. The second-order valence-corrected chi connectivity index (χ2v) is 6.54. The number of hydrogen-bond donors (Lipinski definition) is 0. The first-order chi connectivity index (χ1) is 10.2. The highest BCUT2D eigenvalue weighted by atomic mass is 16.8. The van der Waals surface area contributed by atoms with Crippen molar-refractivity contribution in [2.75, 3.05) is 13.7 Å². The Labute approximate surface area is 129 Å². The average Bonchev–Trinajstić information content (AvgIpc) is 3.04. The molecule has 3 aliphatic heterocycles. The number of carbonyl (C=O) groups excluding carboxylic acids is 1. The van der Waals surface area contributed by atoms with Gasteiger partial charge in [0.05, 0.1) is 13.7 Å². The molecular weight excluding hydrogens is 292 g/mol. The third-order valence-corrected chi connectivity index (χ3v) is 3.86. The maximum atomic E-state index is 11.7. The van der Waals surface area contributed by atoms with Crippen molar-refractivity contribution in [1.29, 1.82) is 0 Å². The Hall–Kier alpha value is -1.15. The third-order valence-electron chi connectivity index (χ3n) is 3.86. The van der Waals surface area contributed by atoms with Gasteiger partial charge < -0.3 is 28.4 Å². The van der Waals surface area contributed by atoms with Crippen molar-refractivity contribution in [3.8, 4) is 0 Å². The molecule has 2 fully saturated rings. The van der Waals surface area contributed by atoms with Crippen LogP contribution < -0.4 is 0 Å². The molecule has 7 nitrogen and oxygen atoms in total. The van der Waals surface area contributed by atoms with Crippen molar-refractivity contribution >= 4 is 5.97 Å². The van der Waals surface area contributed by atoms with Gasteiger partial charge in [-0.15, -0.1) is 0 Å². The molecule has 3 aliphatic rings. The summed E-state index contributed by atoms with van der Waals surface area (Å²) in [5.41, 5.74) is 0. The van der Waals surface area contributed by atoms with E-state index in [-0.39, 0.29) is 11.9 Å². The topological polar surface area (TPSA) is 72.5 Å². The average molecular weight is 314 g/mol. The van der Waals surface area contributed by atoms with Crippen LogP contribution in [0.4, 0.5) is 0 Å². The molecular formula is C15H22O7. The zero-order chi connectivity index (χ0) is 16.1. The van der Waals surface area contributed by atoms with E-state index in [1.54, 1.807) is 6.08 Å². The van der Waals surface area contributed by atoms with Crippen LogP contribution in [0.3, 0.4) is 0 Å². The Morgan fingerprint density at radius 1 is 1.09 bits per heavy atom. The largest absolute Gasteiger partial charge is 0.490 e. The summed E-state index contributed by atoms with van der Waals surface area (Å²) in [6.07, 6.45) is -0.121. The molecule has 22 heavy (non-hydrogen) atoms. The molecule has 3 heterocycles. The van der Waals surface area contributed by atoms with Crippen LogP contribution in [-0.2, 0) is 33.2 Å². The van der Waals surface area contributed by atoms with Crippen LogP contribution >= 0.6 is 0 Å². The van der Waals surface area contributed by atoms with Gasteiger partial charge in [-0.25, -0.2) is 4.79 Å². The van der Waals surface area contributed by atoms with E-state index in [0.717, 1.165) is 0 Å². The Bertz CT molecular complexity index is 496. The van der Waals surface area contributed by atoms with Crippen LogP contribution in [0.1, 0.15) is 27.7 Å². The smallest absolute Gasteiger partial charge is 0.374 e. The van der Waals surface area contributed by atoms with E-state index in [2.05, 4.69) is 0 Å². The lowest BCUT2D eigenvalue weighted by Crippen LogP contribution is -2.43. The summed E-state index contributed by atoms with van der Waals surface area (Å²) in [4.78, 5) is 11.7. The van der Waals surface area contributed by atoms with Gasteiger partial charge in [-0.2, -0.15) is 0 Å². The summed E-state index contributed by atoms with van der Waals surface area (Å²) in [5, 5.41) is 0. The fourth-order valence-corrected chi connectivity index (χ4v) is 2.98. The fourth-order valence-electron chi connectivity index (χ4n) is 2.98. The van der Waals surface area contributed by atoms with E-state index in [1.807, 2.05) is 27.7 Å². The Morgan fingerprint density at radius 2 is 1.77 bits per heavy atom. The molecule has 0 aromatic rings. The number of cyclic esters (lactones) is 1. The van der Waals surface area contributed by atoms with Gasteiger partial charge in [0.2, 0.25) is 5.76 Å². The van der Waals surface area contributed by atoms with Crippen LogP contribution in [0.25, 0.3) is 0 Å². The third kappa shape index (κ3) is 2.86. The molecule has 124 valence electrons.